The Balaban J connectivity index is 2.01. The lowest BCUT2D eigenvalue weighted by molar-refractivity contribution is 0.262. The third-order valence-electron chi connectivity index (χ3n) is 5.14. The number of aliphatic hydroxyl groups excluding tert-OH is 1. The standard InChI is InChI=1S/C19H32N6O/c1-4-5-10-20-17-16-18(25(13-21-16)14(2)3)23-19(22-17)24-11-7-6-8-15(24)9-12-26/h13-15,26H,4-12H2,1-3H3,(H,20,22,23). The zero-order valence-corrected chi connectivity index (χ0v) is 16.3. The van der Waals surface area contributed by atoms with Crippen LogP contribution in [0.15, 0.2) is 6.33 Å². The molecule has 2 aromatic rings. The van der Waals surface area contributed by atoms with Crippen LogP contribution in [-0.2, 0) is 0 Å². The summed E-state index contributed by atoms with van der Waals surface area (Å²) in [6.07, 6.45) is 8.30. The zero-order chi connectivity index (χ0) is 18.5. The van der Waals surface area contributed by atoms with Gasteiger partial charge >= 0.3 is 0 Å². The van der Waals surface area contributed by atoms with E-state index in [2.05, 4.69) is 40.5 Å². The fourth-order valence-electron chi connectivity index (χ4n) is 3.63. The van der Waals surface area contributed by atoms with Crippen LogP contribution in [0.1, 0.15) is 65.3 Å². The molecule has 1 aliphatic heterocycles. The quantitative estimate of drug-likeness (QED) is 0.703. The molecule has 1 fully saturated rings. The Hall–Kier alpha value is -1.89. The highest BCUT2D eigenvalue weighted by Crippen LogP contribution is 2.29. The summed E-state index contributed by atoms with van der Waals surface area (Å²) in [5.41, 5.74) is 1.73. The number of nitrogens with one attached hydrogen (secondary N) is 1. The van der Waals surface area contributed by atoms with Gasteiger partial charge in [-0.15, -0.1) is 0 Å². The van der Waals surface area contributed by atoms with Crippen LogP contribution in [0.2, 0.25) is 0 Å². The van der Waals surface area contributed by atoms with Crippen molar-refractivity contribution in [2.24, 2.45) is 0 Å². The summed E-state index contributed by atoms with van der Waals surface area (Å²) < 4.78 is 2.11. The molecule has 2 N–H and O–H groups in total. The van der Waals surface area contributed by atoms with Crippen LogP contribution in [0.5, 0.6) is 0 Å². The predicted octanol–water partition coefficient (Wildman–Crippen LogP) is 3.36. The van der Waals surface area contributed by atoms with Gasteiger partial charge in [-0.05, 0) is 46.0 Å². The summed E-state index contributed by atoms with van der Waals surface area (Å²) in [6, 6.07) is 0.603. The van der Waals surface area contributed by atoms with Crippen molar-refractivity contribution in [3.8, 4) is 0 Å². The molecule has 1 atom stereocenters. The maximum atomic E-state index is 9.44. The lowest BCUT2D eigenvalue weighted by Gasteiger charge is -2.35. The van der Waals surface area contributed by atoms with E-state index in [1.165, 1.54) is 6.42 Å². The lowest BCUT2D eigenvalue weighted by atomic mass is 10.0. The van der Waals surface area contributed by atoms with Gasteiger partial charge in [-0.3, -0.25) is 0 Å². The van der Waals surface area contributed by atoms with E-state index in [1.54, 1.807) is 0 Å². The molecule has 0 saturated carbocycles. The first-order chi connectivity index (χ1) is 12.7. The van der Waals surface area contributed by atoms with Crippen LogP contribution in [0.3, 0.4) is 0 Å². The number of fused-ring (bicyclic) bond motifs is 1. The third kappa shape index (κ3) is 3.92. The van der Waals surface area contributed by atoms with Gasteiger partial charge in [0.2, 0.25) is 5.95 Å². The summed E-state index contributed by atoms with van der Waals surface area (Å²) in [7, 11) is 0. The van der Waals surface area contributed by atoms with Gasteiger partial charge in [0.05, 0.1) is 6.33 Å². The summed E-state index contributed by atoms with van der Waals surface area (Å²) in [5, 5.41) is 12.9. The van der Waals surface area contributed by atoms with E-state index in [4.69, 9.17) is 9.97 Å². The number of hydrogen-bond acceptors (Lipinski definition) is 6. The van der Waals surface area contributed by atoms with E-state index in [0.717, 1.165) is 68.1 Å². The number of anilines is 2. The van der Waals surface area contributed by atoms with Crippen LogP contribution in [0.25, 0.3) is 11.2 Å². The Bertz CT molecular complexity index is 711. The fraction of sp³-hybridized carbons (Fsp3) is 0.737. The van der Waals surface area contributed by atoms with Gasteiger partial charge in [-0.25, -0.2) is 4.98 Å². The van der Waals surface area contributed by atoms with Crippen molar-refractivity contribution < 1.29 is 5.11 Å². The van der Waals surface area contributed by atoms with E-state index in [0.29, 0.717) is 12.1 Å². The number of imidazole rings is 1. The van der Waals surface area contributed by atoms with Gasteiger partial charge in [0.1, 0.15) is 0 Å². The van der Waals surface area contributed by atoms with Crippen molar-refractivity contribution in [2.75, 3.05) is 29.9 Å². The molecule has 0 aromatic carbocycles. The Morgan fingerprint density at radius 2 is 2.15 bits per heavy atom. The Kier molecular flexibility index (Phi) is 6.29. The minimum Gasteiger partial charge on any atom is -0.396 e. The highest BCUT2D eigenvalue weighted by atomic mass is 16.3. The normalized spacial score (nSPS) is 18.0. The van der Waals surface area contributed by atoms with Crippen LogP contribution in [0, 0.1) is 0 Å². The monoisotopic (exact) mass is 360 g/mol. The number of rotatable bonds is 8. The van der Waals surface area contributed by atoms with Crippen LogP contribution in [-0.4, -0.2) is 50.4 Å². The SMILES string of the molecule is CCCCNc1nc(N2CCCCC2CCO)nc2c1ncn2C(C)C. The molecule has 144 valence electrons. The maximum absolute atomic E-state index is 9.44. The van der Waals surface area contributed by atoms with E-state index in [-0.39, 0.29) is 6.61 Å². The minimum atomic E-state index is 0.203. The first kappa shape index (κ1) is 18.9. The number of nitrogens with zero attached hydrogens (tertiary/aromatic N) is 5. The second-order valence-corrected chi connectivity index (χ2v) is 7.43. The fourth-order valence-corrected chi connectivity index (χ4v) is 3.63. The topological polar surface area (TPSA) is 79.1 Å². The summed E-state index contributed by atoms with van der Waals surface area (Å²) >= 11 is 0. The number of hydrogen-bond donors (Lipinski definition) is 2. The molecule has 0 bridgehead atoms. The molecule has 1 unspecified atom stereocenters. The van der Waals surface area contributed by atoms with Crippen LogP contribution in [0.4, 0.5) is 11.8 Å². The Labute approximate surface area is 155 Å². The van der Waals surface area contributed by atoms with Crippen LogP contribution < -0.4 is 10.2 Å². The number of aliphatic hydroxyl groups is 1. The summed E-state index contributed by atoms with van der Waals surface area (Å²) in [4.78, 5) is 16.6. The Morgan fingerprint density at radius 3 is 2.88 bits per heavy atom. The largest absolute Gasteiger partial charge is 0.396 e. The second kappa shape index (κ2) is 8.66. The second-order valence-electron chi connectivity index (χ2n) is 7.43. The van der Waals surface area contributed by atoms with Crippen molar-refractivity contribution in [3.05, 3.63) is 6.33 Å². The van der Waals surface area contributed by atoms with Crippen molar-refractivity contribution in [1.82, 2.24) is 19.5 Å². The van der Waals surface area contributed by atoms with Crippen molar-refractivity contribution in [3.63, 3.8) is 0 Å². The maximum Gasteiger partial charge on any atom is 0.229 e. The predicted molar refractivity (Wildman–Crippen MR) is 106 cm³/mol. The molecular weight excluding hydrogens is 328 g/mol. The van der Waals surface area contributed by atoms with Gasteiger partial charge in [-0.2, -0.15) is 9.97 Å². The molecule has 2 aromatic heterocycles. The minimum absolute atomic E-state index is 0.203. The first-order valence-electron chi connectivity index (χ1n) is 10.0. The zero-order valence-electron chi connectivity index (χ0n) is 16.3. The van der Waals surface area contributed by atoms with Gasteiger partial charge in [0, 0.05) is 31.8 Å². The van der Waals surface area contributed by atoms with E-state index in [1.807, 2.05) is 6.33 Å². The molecule has 0 spiro atoms. The highest BCUT2D eigenvalue weighted by Gasteiger charge is 2.26. The average Bonchev–Trinajstić information content (AvgIpc) is 3.07. The molecule has 7 nitrogen and oxygen atoms in total. The number of aromatic nitrogens is 4. The highest BCUT2D eigenvalue weighted by molar-refractivity contribution is 5.84. The first-order valence-corrected chi connectivity index (χ1v) is 10.0. The van der Waals surface area contributed by atoms with Gasteiger partial charge < -0.3 is 19.9 Å². The van der Waals surface area contributed by atoms with E-state index in [9.17, 15) is 5.11 Å². The molecule has 0 amide bonds. The molecular formula is C19H32N6O. The smallest absolute Gasteiger partial charge is 0.229 e. The van der Waals surface area contributed by atoms with E-state index < -0.39 is 0 Å². The molecule has 1 aliphatic rings. The van der Waals surface area contributed by atoms with Gasteiger partial charge in [0.25, 0.3) is 0 Å². The van der Waals surface area contributed by atoms with Gasteiger partial charge in [0.15, 0.2) is 17.0 Å². The Morgan fingerprint density at radius 1 is 1.31 bits per heavy atom. The summed E-state index contributed by atoms with van der Waals surface area (Å²) in [6.45, 7) is 8.50. The summed E-state index contributed by atoms with van der Waals surface area (Å²) in [5.74, 6) is 1.59. The third-order valence-corrected chi connectivity index (χ3v) is 5.14. The van der Waals surface area contributed by atoms with Crippen LogP contribution >= 0.6 is 0 Å². The van der Waals surface area contributed by atoms with Gasteiger partial charge in [-0.1, -0.05) is 13.3 Å². The molecule has 26 heavy (non-hydrogen) atoms. The number of unbranched alkanes of at least 4 members (excludes halogenated alkanes) is 1. The molecule has 3 heterocycles. The molecule has 0 aliphatic carbocycles. The van der Waals surface area contributed by atoms with Crippen molar-refractivity contribution >= 4 is 22.9 Å². The molecule has 7 heteroatoms. The lowest BCUT2D eigenvalue weighted by Crippen LogP contribution is -2.41. The van der Waals surface area contributed by atoms with E-state index >= 15 is 0 Å². The van der Waals surface area contributed by atoms with Crippen molar-refractivity contribution in [1.29, 1.82) is 0 Å². The molecule has 1 saturated heterocycles. The number of piperidine rings is 1. The average molecular weight is 361 g/mol. The molecule has 0 radical (unpaired) electrons. The van der Waals surface area contributed by atoms with Crippen molar-refractivity contribution in [2.45, 2.75) is 71.4 Å². The molecule has 3 rings (SSSR count).